The van der Waals surface area contributed by atoms with E-state index in [0.717, 1.165) is 23.4 Å². The lowest BCUT2D eigenvalue weighted by Gasteiger charge is -2.06. The predicted octanol–water partition coefficient (Wildman–Crippen LogP) is 2.41. The van der Waals surface area contributed by atoms with Crippen LogP contribution in [0.4, 0.5) is 5.69 Å². The minimum Gasteiger partial charge on any atom is -0.481 e. The molecule has 2 rings (SSSR count). The summed E-state index contributed by atoms with van der Waals surface area (Å²) < 4.78 is 5.01. The van der Waals surface area contributed by atoms with E-state index in [1.54, 1.807) is 13.3 Å². The van der Waals surface area contributed by atoms with E-state index >= 15 is 0 Å². The summed E-state index contributed by atoms with van der Waals surface area (Å²) in [5.74, 6) is 0.631. The molecule has 0 aliphatic rings. The second-order valence-electron chi connectivity index (χ2n) is 3.81. The Morgan fingerprint density at radius 3 is 2.76 bits per heavy atom. The molecular formula is C13H15N3O. The van der Waals surface area contributed by atoms with Crippen LogP contribution in [0.25, 0.3) is 0 Å². The number of ether oxygens (including phenoxy) is 1. The van der Waals surface area contributed by atoms with Crippen LogP contribution < -0.4 is 10.1 Å². The molecule has 2 aromatic rings. The average molecular weight is 229 g/mol. The van der Waals surface area contributed by atoms with E-state index in [0.29, 0.717) is 5.88 Å². The van der Waals surface area contributed by atoms with Crippen LogP contribution in [0.15, 0.2) is 36.8 Å². The van der Waals surface area contributed by atoms with Crippen molar-refractivity contribution in [1.82, 2.24) is 9.97 Å². The summed E-state index contributed by atoms with van der Waals surface area (Å²) in [6.07, 6.45) is 5.44. The van der Waals surface area contributed by atoms with Crippen LogP contribution in [0.3, 0.4) is 0 Å². The smallest absolute Gasteiger partial charge is 0.212 e. The number of methoxy groups -OCH3 is 1. The lowest BCUT2D eigenvalue weighted by Crippen LogP contribution is -2.00. The second kappa shape index (κ2) is 5.30. The number of hydrogen-bond acceptors (Lipinski definition) is 4. The van der Waals surface area contributed by atoms with E-state index in [1.165, 1.54) is 0 Å². The van der Waals surface area contributed by atoms with Gasteiger partial charge in [-0.3, -0.25) is 4.98 Å². The zero-order valence-electron chi connectivity index (χ0n) is 9.97. The minimum atomic E-state index is 0.631. The Balaban J connectivity index is 1.97. The highest BCUT2D eigenvalue weighted by atomic mass is 16.5. The van der Waals surface area contributed by atoms with E-state index in [2.05, 4.69) is 21.4 Å². The zero-order valence-corrected chi connectivity index (χ0v) is 9.97. The van der Waals surface area contributed by atoms with Crippen molar-refractivity contribution in [2.75, 3.05) is 12.4 Å². The van der Waals surface area contributed by atoms with E-state index in [9.17, 15) is 0 Å². The molecule has 0 saturated heterocycles. The Morgan fingerprint density at radius 2 is 2.12 bits per heavy atom. The average Bonchev–Trinajstić information content (AvgIpc) is 2.37. The molecule has 0 unspecified atom stereocenters. The van der Waals surface area contributed by atoms with Crippen molar-refractivity contribution in [3.63, 3.8) is 0 Å². The Bertz CT molecular complexity index is 482. The first kappa shape index (κ1) is 11.4. The van der Waals surface area contributed by atoms with E-state index in [-0.39, 0.29) is 0 Å². The van der Waals surface area contributed by atoms with Crippen LogP contribution in [-0.4, -0.2) is 17.1 Å². The molecule has 2 heterocycles. The number of anilines is 1. The van der Waals surface area contributed by atoms with Crippen LogP contribution in [0, 0.1) is 6.92 Å². The normalized spacial score (nSPS) is 10.0. The number of nitrogens with zero attached hydrogens (tertiary/aromatic N) is 2. The van der Waals surface area contributed by atoms with Gasteiger partial charge in [0.05, 0.1) is 12.8 Å². The summed E-state index contributed by atoms with van der Waals surface area (Å²) in [5.41, 5.74) is 3.26. The molecule has 0 bridgehead atoms. The van der Waals surface area contributed by atoms with Crippen molar-refractivity contribution in [2.45, 2.75) is 13.5 Å². The van der Waals surface area contributed by atoms with Gasteiger partial charge in [-0.25, -0.2) is 4.98 Å². The zero-order chi connectivity index (χ0) is 12.1. The van der Waals surface area contributed by atoms with Gasteiger partial charge in [0.25, 0.3) is 0 Å². The molecule has 0 aliphatic carbocycles. The van der Waals surface area contributed by atoms with Crippen molar-refractivity contribution in [1.29, 1.82) is 0 Å². The first-order chi connectivity index (χ1) is 8.28. The van der Waals surface area contributed by atoms with Gasteiger partial charge in [0, 0.05) is 31.2 Å². The maximum absolute atomic E-state index is 5.01. The molecule has 0 fully saturated rings. The molecule has 0 atom stereocenters. The highest BCUT2D eigenvalue weighted by Crippen LogP contribution is 2.11. The highest BCUT2D eigenvalue weighted by molar-refractivity contribution is 5.43. The molecule has 0 radical (unpaired) electrons. The first-order valence-electron chi connectivity index (χ1n) is 5.42. The van der Waals surface area contributed by atoms with Gasteiger partial charge in [-0.05, 0) is 24.1 Å². The molecule has 0 aromatic carbocycles. The SMILES string of the molecule is COc1ccc(CNc2cncc(C)c2)cn1. The van der Waals surface area contributed by atoms with Gasteiger partial charge in [-0.1, -0.05) is 6.07 Å². The quantitative estimate of drug-likeness (QED) is 0.874. The third kappa shape index (κ3) is 3.17. The van der Waals surface area contributed by atoms with Gasteiger partial charge >= 0.3 is 0 Å². The summed E-state index contributed by atoms with van der Waals surface area (Å²) in [5, 5.41) is 3.30. The maximum Gasteiger partial charge on any atom is 0.212 e. The van der Waals surface area contributed by atoms with E-state index < -0.39 is 0 Å². The Hall–Kier alpha value is -2.10. The summed E-state index contributed by atoms with van der Waals surface area (Å²) in [7, 11) is 1.61. The molecule has 0 amide bonds. The second-order valence-corrected chi connectivity index (χ2v) is 3.81. The number of hydrogen-bond donors (Lipinski definition) is 1. The maximum atomic E-state index is 5.01. The van der Waals surface area contributed by atoms with Crippen LogP contribution in [0.5, 0.6) is 5.88 Å². The molecule has 2 aromatic heterocycles. The molecule has 88 valence electrons. The lowest BCUT2D eigenvalue weighted by atomic mass is 10.2. The molecule has 4 nitrogen and oxygen atoms in total. The number of aromatic nitrogens is 2. The molecule has 17 heavy (non-hydrogen) atoms. The van der Waals surface area contributed by atoms with Crippen molar-refractivity contribution < 1.29 is 4.74 Å². The highest BCUT2D eigenvalue weighted by Gasteiger charge is 1.97. The van der Waals surface area contributed by atoms with Crippen LogP contribution >= 0.6 is 0 Å². The van der Waals surface area contributed by atoms with Gasteiger partial charge in [-0.15, -0.1) is 0 Å². The van der Waals surface area contributed by atoms with Gasteiger partial charge < -0.3 is 10.1 Å². The number of nitrogens with one attached hydrogen (secondary N) is 1. The predicted molar refractivity (Wildman–Crippen MR) is 67.1 cm³/mol. The molecule has 0 aliphatic heterocycles. The number of rotatable bonds is 4. The van der Waals surface area contributed by atoms with Crippen LogP contribution in [-0.2, 0) is 6.54 Å². The fourth-order valence-electron chi connectivity index (χ4n) is 1.49. The van der Waals surface area contributed by atoms with E-state index in [4.69, 9.17) is 4.74 Å². The van der Waals surface area contributed by atoms with Crippen molar-refractivity contribution >= 4 is 5.69 Å². The lowest BCUT2D eigenvalue weighted by molar-refractivity contribution is 0.397. The van der Waals surface area contributed by atoms with Crippen LogP contribution in [0.2, 0.25) is 0 Å². The molecule has 0 spiro atoms. The molecule has 1 N–H and O–H groups in total. The Kier molecular flexibility index (Phi) is 3.55. The van der Waals surface area contributed by atoms with Gasteiger partial charge in [0.2, 0.25) is 5.88 Å². The molecular weight excluding hydrogens is 214 g/mol. The molecule has 4 heteroatoms. The number of aryl methyl sites for hydroxylation is 1. The fourth-order valence-corrected chi connectivity index (χ4v) is 1.49. The van der Waals surface area contributed by atoms with Gasteiger partial charge in [0.1, 0.15) is 0 Å². The fraction of sp³-hybridized carbons (Fsp3) is 0.231. The summed E-state index contributed by atoms with van der Waals surface area (Å²) in [6, 6.07) is 5.90. The monoisotopic (exact) mass is 229 g/mol. The Morgan fingerprint density at radius 1 is 1.24 bits per heavy atom. The van der Waals surface area contributed by atoms with E-state index in [1.807, 2.05) is 31.5 Å². The number of pyridine rings is 2. The molecule has 0 saturated carbocycles. The van der Waals surface area contributed by atoms with Gasteiger partial charge in [-0.2, -0.15) is 0 Å². The Labute approximate surface area is 101 Å². The summed E-state index contributed by atoms with van der Waals surface area (Å²) in [6.45, 7) is 2.75. The standard InChI is InChI=1S/C13H15N3O/c1-10-5-12(9-14-6-10)15-7-11-3-4-13(17-2)16-8-11/h3-6,8-9,15H,7H2,1-2H3. The first-order valence-corrected chi connectivity index (χ1v) is 5.42. The van der Waals surface area contributed by atoms with Crippen molar-refractivity contribution in [2.24, 2.45) is 0 Å². The van der Waals surface area contributed by atoms with Crippen LogP contribution in [0.1, 0.15) is 11.1 Å². The third-order valence-corrected chi connectivity index (χ3v) is 2.38. The largest absolute Gasteiger partial charge is 0.481 e. The summed E-state index contributed by atoms with van der Waals surface area (Å²) in [4.78, 5) is 8.27. The third-order valence-electron chi connectivity index (χ3n) is 2.38. The summed E-state index contributed by atoms with van der Waals surface area (Å²) >= 11 is 0. The van der Waals surface area contributed by atoms with Crippen molar-refractivity contribution in [3.05, 3.63) is 47.9 Å². The van der Waals surface area contributed by atoms with Gasteiger partial charge in [0.15, 0.2) is 0 Å². The minimum absolute atomic E-state index is 0.631. The van der Waals surface area contributed by atoms with Crippen molar-refractivity contribution in [3.8, 4) is 5.88 Å². The topological polar surface area (TPSA) is 47.0 Å².